The summed E-state index contributed by atoms with van der Waals surface area (Å²) in [7, 11) is 1.50. The van der Waals surface area contributed by atoms with E-state index in [4.69, 9.17) is 21.4 Å². The highest BCUT2D eigenvalue weighted by atomic mass is 35.5. The van der Waals surface area contributed by atoms with Crippen molar-refractivity contribution in [1.82, 2.24) is 5.32 Å². The van der Waals surface area contributed by atoms with Crippen LogP contribution >= 0.6 is 11.6 Å². The number of nitrogens with one attached hydrogen (secondary N) is 1. The van der Waals surface area contributed by atoms with Crippen molar-refractivity contribution in [2.75, 3.05) is 13.7 Å². The summed E-state index contributed by atoms with van der Waals surface area (Å²) < 4.78 is 4.80. The molecule has 0 aliphatic rings. The normalized spacial score (nSPS) is 11.9. The summed E-state index contributed by atoms with van der Waals surface area (Å²) in [6, 6.07) is 6.15. The molecular weight excluding hydrogens is 270 g/mol. The third kappa shape index (κ3) is 5.72. The maximum absolute atomic E-state index is 11.6. The Morgan fingerprint density at radius 3 is 2.53 bits per heavy atom. The molecule has 0 saturated heterocycles. The maximum Gasteiger partial charge on any atom is 0.305 e. The monoisotopic (exact) mass is 285 g/mol. The van der Waals surface area contributed by atoms with Gasteiger partial charge in [-0.25, -0.2) is 0 Å². The van der Waals surface area contributed by atoms with Gasteiger partial charge in [0.15, 0.2) is 0 Å². The van der Waals surface area contributed by atoms with Crippen molar-refractivity contribution in [1.29, 1.82) is 0 Å². The van der Waals surface area contributed by atoms with Crippen LogP contribution < -0.4 is 5.32 Å². The third-order valence-electron chi connectivity index (χ3n) is 2.52. The summed E-state index contributed by atoms with van der Waals surface area (Å²) in [6.07, 6.45) is 0.0144. The molecule has 6 heteroatoms. The SMILES string of the molecule is COCCC(=O)N[C@@H](CC(=O)O)c1ccc(Cl)cc1. The Bertz CT molecular complexity index is 433. The van der Waals surface area contributed by atoms with E-state index in [0.29, 0.717) is 17.2 Å². The number of methoxy groups -OCH3 is 1. The highest BCUT2D eigenvalue weighted by Crippen LogP contribution is 2.19. The molecule has 1 amide bonds. The predicted octanol–water partition coefficient (Wildman–Crippen LogP) is 2.01. The Kier molecular flexibility index (Phi) is 6.32. The van der Waals surface area contributed by atoms with Crippen molar-refractivity contribution in [3.05, 3.63) is 34.9 Å². The quantitative estimate of drug-likeness (QED) is 0.803. The maximum atomic E-state index is 11.6. The Morgan fingerprint density at radius 1 is 1.37 bits per heavy atom. The van der Waals surface area contributed by atoms with Crippen molar-refractivity contribution < 1.29 is 19.4 Å². The average molecular weight is 286 g/mol. The number of carbonyl (C=O) groups is 2. The smallest absolute Gasteiger partial charge is 0.305 e. The molecule has 5 nitrogen and oxygen atoms in total. The Hall–Kier alpha value is -1.59. The van der Waals surface area contributed by atoms with E-state index >= 15 is 0 Å². The summed E-state index contributed by atoms with van der Waals surface area (Å²) in [5.41, 5.74) is 0.706. The summed E-state index contributed by atoms with van der Waals surface area (Å²) in [5.74, 6) is -1.23. The van der Waals surface area contributed by atoms with Gasteiger partial charge in [-0.2, -0.15) is 0 Å². The molecule has 104 valence electrons. The van der Waals surface area contributed by atoms with Crippen LogP contribution in [0.3, 0.4) is 0 Å². The summed E-state index contributed by atoms with van der Waals surface area (Å²) in [4.78, 5) is 22.5. The van der Waals surface area contributed by atoms with E-state index < -0.39 is 12.0 Å². The Balaban J connectivity index is 2.74. The number of rotatable bonds is 7. The lowest BCUT2D eigenvalue weighted by atomic mass is 10.0. The van der Waals surface area contributed by atoms with Crippen molar-refractivity contribution in [2.45, 2.75) is 18.9 Å². The van der Waals surface area contributed by atoms with Crippen LogP contribution in [-0.2, 0) is 14.3 Å². The number of benzene rings is 1. The van der Waals surface area contributed by atoms with Gasteiger partial charge in [-0.3, -0.25) is 9.59 Å². The zero-order valence-corrected chi connectivity index (χ0v) is 11.3. The van der Waals surface area contributed by atoms with Crippen LogP contribution in [0.5, 0.6) is 0 Å². The lowest BCUT2D eigenvalue weighted by Crippen LogP contribution is -2.30. The molecule has 0 aromatic heterocycles. The van der Waals surface area contributed by atoms with Crippen LogP contribution in [0.2, 0.25) is 5.02 Å². The first-order valence-corrected chi connectivity index (χ1v) is 6.16. The number of hydrogen-bond acceptors (Lipinski definition) is 3. The Labute approximate surface area is 116 Å². The number of carbonyl (C=O) groups excluding carboxylic acids is 1. The highest BCUT2D eigenvalue weighted by molar-refractivity contribution is 6.30. The molecule has 0 spiro atoms. The molecule has 1 aromatic carbocycles. The Morgan fingerprint density at radius 2 is 2.00 bits per heavy atom. The largest absolute Gasteiger partial charge is 0.481 e. The second-order valence-electron chi connectivity index (χ2n) is 4.01. The molecule has 1 aromatic rings. The lowest BCUT2D eigenvalue weighted by molar-refractivity contribution is -0.137. The number of carboxylic acid groups (broad SMARTS) is 1. The van der Waals surface area contributed by atoms with Crippen molar-refractivity contribution in [3.63, 3.8) is 0 Å². The van der Waals surface area contributed by atoms with Gasteiger partial charge in [0, 0.05) is 18.6 Å². The summed E-state index contributed by atoms with van der Waals surface area (Å²) in [5, 5.41) is 12.1. The van der Waals surface area contributed by atoms with Crippen LogP contribution in [0.25, 0.3) is 0 Å². The van der Waals surface area contributed by atoms with E-state index in [1.807, 2.05) is 0 Å². The van der Waals surface area contributed by atoms with Crippen molar-refractivity contribution in [2.24, 2.45) is 0 Å². The third-order valence-corrected chi connectivity index (χ3v) is 2.77. The van der Waals surface area contributed by atoms with Crippen LogP contribution in [0, 0.1) is 0 Å². The first-order valence-electron chi connectivity index (χ1n) is 5.78. The van der Waals surface area contributed by atoms with Gasteiger partial charge in [0.2, 0.25) is 5.91 Å². The van der Waals surface area contributed by atoms with E-state index in [1.54, 1.807) is 24.3 Å². The number of amides is 1. The number of hydrogen-bond donors (Lipinski definition) is 2. The van der Waals surface area contributed by atoms with E-state index in [-0.39, 0.29) is 18.7 Å². The summed E-state index contributed by atoms with van der Waals surface area (Å²) in [6.45, 7) is 0.298. The van der Waals surface area contributed by atoms with Crippen LogP contribution in [0.15, 0.2) is 24.3 Å². The van der Waals surface area contributed by atoms with Gasteiger partial charge in [-0.05, 0) is 17.7 Å². The molecule has 0 heterocycles. The molecule has 1 rings (SSSR count). The standard InChI is InChI=1S/C13H16ClNO4/c1-19-7-6-12(16)15-11(8-13(17)18)9-2-4-10(14)5-3-9/h2-5,11H,6-8H2,1H3,(H,15,16)(H,17,18)/t11-/m0/s1. The fourth-order valence-electron chi connectivity index (χ4n) is 1.58. The average Bonchev–Trinajstić information content (AvgIpc) is 2.36. The molecule has 0 fully saturated rings. The first-order chi connectivity index (χ1) is 9.02. The molecule has 0 saturated carbocycles. The number of halogens is 1. The fraction of sp³-hybridized carbons (Fsp3) is 0.385. The van der Waals surface area contributed by atoms with Gasteiger partial charge in [0.05, 0.1) is 19.1 Å². The van der Waals surface area contributed by atoms with Crippen molar-refractivity contribution >= 4 is 23.5 Å². The number of aliphatic carboxylic acids is 1. The molecule has 0 unspecified atom stereocenters. The molecule has 2 N–H and O–H groups in total. The van der Waals surface area contributed by atoms with Gasteiger partial charge < -0.3 is 15.2 Å². The van der Waals surface area contributed by atoms with Crippen LogP contribution in [-0.4, -0.2) is 30.7 Å². The molecular formula is C13H16ClNO4. The zero-order valence-electron chi connectivity index (χ0n) is 10.6. The van der Waals surface area contributed by atoms with Crippen LogP contribution in [0.1, 0.15) is 24.4 Å². The molecule has 19 heavy (non-hydrogen) atoms. The topological polar surface area (TPSA) is 75.6 Å². The minimum atomic E-state index is -0.980. The van der Waals surface area contributed by atoms with Gasteiger partial charge >= 0.3 is 5.97 Å². The minimum Gasteiger partial charge on any atom is -0.481 e. The van der Waals surface area contributed by atoms with Gasteiger partial charge in [0.1, 0.15) is 0 Å². The van der Waals surface area contributed by atoms with Crippen LogP contribution in [0.4, 0.5) is 0 Å². The second kappa shape index (κ2) is 7.76. The molecule has 0 radical (unpaired) electrons. The van der Waals surface area contributed by atoms with E-state index in [0.717, 1.165) is 0 Å². The van der Waals surface area contributed by atoms with Crippen molar-refractivity contribution in [3.8, 4) is 0 Å². The number of ether oxygens (including phenoxy) is 1. The number of carboxylic acids is 1. The minimum absolute atomic E-state index is 0.180. The highest BCUT2D eigenvalue weighted by Gasteiger charge is 2.17. The first kappa shape index (κ1) is 15.5. The van der Waals surface area contributed by atoms with Gasteiger partial charge in [-0.15, -0.1) is 0 Å². The van der Waals surface area contributed by atoms with E-state index in [2.05, 4.69) is 5.32 Å². The molecule has 0 aliphatic carbocycles. The second-order valence-corrected chi connectivity index (χ2v) is 4.45. The molecule has 0 aliphatic heterocycles. The lowest BCUT2D eigenvalue weighted by Gasteiger charge is -2.17. The predicted molar refractivity (Wildman–Crippen MR) is 71.1 cm³/mol. The summed E-state index contributed by atoms with van der Waals surface area (Å²) >= 11 is 5.78. The zero-order chi connectivity index (χ0) is 14.3. The van der Waals surface area contributed by atoms with Gasteiger partial charge in [0.25, 0.3) is 0 Å². The van der Waals surface area contributed by atoms with E-state index in [9.17, 15) is 9.59 Å². The van der Waals surface area contributed by atoms with E-state index in [1.165, 1.54) is 7.11 Å². The molecule has 0 bridgehead atoms. The fourth-order valence-corrected chi connectivity index (χ4v) is 1.71. The van der Waals surface area contributed by atoms with Gasteiger partial charge in [-0.1, -0.05) is 23.7 Å². The molecule has 1 atom stereocenters.